The highest BCUT2D eigenvalue weighted by Crippen LogP contribution is 2.34. The number of aryl methyl sites for hydroxylation is 1. The largest absolute Gasteiger partial charge is 0.388 e. The van der Waals surface area contributed by atoms with Crippen molar-refractivity contribution in [3.05, 3.63) is 18.1 Å². The van der Waals surface area contributed by atoms with E-state index in [4.69, 9.17) is 4.74 Å². The van der Waals surface area contributed by atoms with Crippen molar-refractivity contribution in [2.45, 2.75) is 51.7 Å². The molecule has 0 aromatic carbocycles. The molecule has 2 aromatic rings. The highest BCUT2D eigenvalue weighted by Gasteiger charge is 2.44. The van der Waals surface area contributed by atoms with Crippen LogP contribution >= 0.6 is 0 Å². The molecule has 0 unspecified atom stereocenters. The maximum Gasteiger partial charge on any atom is 0.310 e. The molecule has 1 aliphatic rings. The van der Waals surface area contributed by atoms with Gasteiger partial charge in [0.15, 0.2) is 11.9 Å². The maximum atomic E-state index is 13.4. The number of aliphatic hydroxyl groups is 2. The summed E-state index contributed by atoms with van der Waals surface area (Å²) in [7, 11) is 0. The van der Waals surface area contributed by atoms with Gasteiger partial charge in [-0.25, -0.2) is 9.97 Å². The third-order valence-electron chi connectivity index (χ3n) is 3.88. The summed E-state index contributed by atoms with van der Waals surface area (Å²) >= 11 is 0. The van der Waals surface area contributed by atoms with Gasteiger partial charge in [-0.05, 0) is 19.3 Å². The third-order valence-corrected chi connectivity index (χ3v) is 3.88. The van der Waals surface area contributed by atoms with Crippen LogP contribution in [0.2, 0.25) is 0 Å². The van der Waals surface area contributed by atoms with Crippen molar-refractivity contribution in [2.75, 3.05) is 0 Å². The molecule has 2 aromatic heterocycles. The second kappa shape index (κ2) is 5.53. The van der Waals surface area contributed by atoms with Crippen LogP contribution in [0.25, 0.3) is 11.2 Å². The molecule has 8 heteroatoms. The molecule has 0 amide bonds. The molecule has 1 saturated heterocycles. The van der Waals surface area contributed by atoms with Crippen molar-refractivity contribution in [1.29, 1.82) is 0 Å². The van der Waals surface area contributed by atoms with Gasteiger partial charge in [0.25, 0.3) is 0 Å². The van der Waals surface area contributed by atoms with Crippen molar-refractivity contribution < 1.29 is 19.3 Å². The van der Waals surface area contributed by atoms with Gasteiger partial charge in [-0.3, -0.25) is 4.57 Å². The van der Waals surface area contributed by atoms with Gasteiger partial charge in [-0.2, -0.15) is 9.37 Å². The maximum absolute atomic E-state index is 13.4. The zero-order valence-corrected chi connectivity index (χ0v) is 12.6. The van der Waals surface area contributed by atoms with Gasteiger partial charge in [-0.1, -0.05) is 13.8 Å². The lowest BCUT2D eigenvalue weighted by atomic mass is 10.0. The van der Waals surface area contributed by atoms with E-state index < -0.39 is 30.6 Å². The first-order chi connectivity index (χ1) is 10.4. The highest BCUT2D eigenvalue weighted by molar-refractivity contribution is 5.72. The van der Waals surface area contributed by atoms with E-state index in [1.807, 2.05) is 13.8 Å². The van der Waals surface area contributed by atoms with Crippen LogP contribution in [0.15, 0.2) is 6.33 Å². The van der Waals surface area contributed by atoms with E-state index in [2.05, 4.69) is 15.0 Å². The van der Waals surface area contributed by atoms with Crippen LogP contribution in [0.1, 0.15) is 32.2 Å². The van der Waals surface area contributed by atoms with Crippen molar-refractivity contribution in [3.63, 3.8) is 0 Å². The predicted octanol–water partition coefficient (Wildman–Crippen LogP) is 0.939. The van der Waals surface area contributed by atoms with E-state index in [-0.39, 0.29) is 5.65 Å². The molecule has 3 rings (SSSR count). The Morgan fingerprint density at radius 3 is 2.73 bits per heavy atom. The van der Waals surface area contributed by atoms with Gasteiger partial charge in [-0.15, -0.1) is 0 Å². The fourth-order valence-corrected chi connectivity index (χ4v) is 2.83. The number of fused-ring (bicyclic) bond motifs is 1. The molecule has 1 aliphatic heterocycles. The topological polar surface area (TPSA) is 93.3 Å². The molecule has 0 bridgehead atoms. The van der Waals surface area contributed by atoms with Gasteiger partial charge in [0.2, 0.25) is 0 Å². The van der Waals surface area contributed by atoms with Crippen LogP contribution in [-0.4, -0.2) is 48.0 Å². The van der Waals surface area contributed by atoms with Gasteiger partial charge >= 0.3 is 6.08 Å². The second-order valence-electron chi connectivity index (χ2n) is 6.08. The Balaban J connectivity index is 1.98. The Labute approximate surface area is 126 Å². The molecule has 3 heterocycles. The summed E-state index contributed by atoms with van der Waals surface area (Å²) < 4.78 is 20.7. The summed E-state index contributed by atoms with van der Waals surface area (Å²) in [5.74, 6) is 0.312. The average molecular weight is 310 g/mol. The number of aliphatic hydroxyl groups excluding tert-OH is 2. The van der Waals surface area contributed by atoms with E-state index in [9.17, 15) is 14.6 Å². The number of ether oxygens (including phenoxy) is 1. The Bertz CT molecular complexity index is 690. The summed E-state index contributed by atoms with van der Waals surface area (Å²) in [6, 6.07) is 0. The molecule has 1 fully saturated rings. The molecule has 120 valence electrons. The van der Waals surface area contributed by atoms with E-state index in [0.29, 0.717) is 23.5 Å². The molecular formula is C14H19FN4O3. The van der Waals surface area contributed by atoms with E-state index in [1.54, 1.807) is 6.92 Å². The standard InChI is InChI=1S/C14H19FN4O3/c1-6(2)4-8-10(20)11(21)13(22-8)19-5-16-9-7(3)17-14(15)18-12(9)19/h5-6,8,10-11,13,20-21H,4H2,1-3H3/t8-,10-,11+,13-/m1/s1. The highest BCUT2D eigenvalue weighted by atomic mass is 19.1. The minimum atomic E-state index is -1.13. The molecule has 0 aliphatic carbocycles. The van der Waals surface area contributed by atoms with Crippen LogP contribution in [0.3, 0.4) is 0 Å². The SMILES string of the molecule is Cc1nc(F)nc2c1ncn2[C@@H]1O[C@H](CC(C)C)[C@@H](O)[C@@H]1O. The summed E-state index contributed by atoms with van der Waals surface area (Å²) in [6.45, 7) is 5.65. The fraction of sp³-hybridized carbons (Fsp3) is 0.643. The summed E-state index contributed by atoms with van der Waals surface area (Å²) in [5.41, 5.74) is 1.10. The molecular weight excluding hydrogens is 291 g/mol. The Morgan fingerprint density at radius 2 is 2.05 bits per heavy atom. The number of halogens is 1. The fourth-order valence-electron chi connectivity index (χ4n) is 2.83. The van der Waals surface area contributed by atoms with Crippen LogP contribution in [0, 0.1) is 18.9 Å². The zero-order chi connectivity index (χ0) is 16.0. The summed E-state index contributed by atoms with van der Waals surface area (Å²) in [6.07, 6.45) is -2.29. The molecule has 7 nitrogen and oxygen atoms in total. The van der Waals surface area contributed by atoms with E-state index in [0.717, 1.165) is 0 Å². The van der Waals surface area contributed by atoms with Gasteiger partial charge < -0.3 is 14.9 Å². The van der Waals surface area contributed by atoms with Crippen molar-refractivity contribution in [3.8, 4) is 0 Å². The van der Waals surface area contributed by atoms with Crippen molar-refractivity contribution in [1.82, 2.24) is 19.5 Å². The first-order valence-corrected chi connectivity index (χ1v) is 7.26. The third kappa shape index (κ3) is 2.47. The molecule has 0 saturated carbocycles. The van der Waals surface area contributed by atoms with Crippen LogP contribution < -0.4 is 0 Å². The van der Waals surface area contributed by atoms with Crippen LogP contribution in [0.4, 0.5) is 4.39 Å². The monoisotopic (exact) mass is 310 g/mol. The van der Waals surface area contributed by atoms with Crippen molar-refractivity contribution in [2.24, 2.45) is 5.92 Å². The molecule has 0 spiro atoms. The lowest BCUT2D eigenvalue weighted by Crippen LogP contribution is -2.32. The number of hydrogen-bond donors (Lipinski definition) is 2. The first-order valence-electron chi connectivity index (χ1n) is 7.26. The smallest absolute Gasteiger partial charge is 0.310 e. The second-order valence-corrected chi connectivity index (χ2v) is 6.08. The number of nitrogens with zero attached hydrogens (tertiary/aromatic N) is 4. The van der Waals surface area contributed by atoms with Gasteiger partial charge in [0, 0.05) is 0 Å². The van der Waals surface area contributed by atoms with Gasteiger partial charge in [0.1, 0.15) is 17.7 Å². The lowest BCUT2D eigenvalue weighted by Gasteiger charge is -2.17. The molecule has 0 radical (unpaired) electrons. The Kier molecular flexibility index (Phi) is 3.84. The normalized spacial score (nSPS) is 28.9. The van der Waals surface area contributed by atoms with Gasteiger partial charge in [0.05, 0.1) is 18.1 Å². The molecule has 2 N–H and O–H groups in total. The van der Waals surface area contributed by atoms with Crippen LogP contribution in [-0.2, 0) is 4.74 Å². The summed E-state index contributed by atoms with van der Waals surface area (Å²) in [4.78, 5) is 11.5. The number of rotatable bonds is 3. The number of aromatic nitrogens is 4. The van der Waals surface area contributed by atoms with Crippen LogP contribution in [0.5, 0.6) is 0 Å². The molecule has 4 atom stereocenters. The predicted molar refractivity (Wildman–Crippen MR) is 75.4 cm³/mol. The lowest BCUT2D eigenvalue weighted by molar-refractivity contribution is -0.0401. The number of hydrogen-bond acceptors (Lipinski definition) is 6. The summed E-state index contributed by atoms with van der Waals surface area (Å²) in [5, 5.41) is 20.4. The Hall–Kier alpha value is -1.64. The first kappa shape index (κ1) is 15.3. The Morgan fingerprint density at radius 1 is 1.32 bits per heavy atom. The number of imidazole rings is 1. The minimum Gasteiger partial charge on any atom is -0.388 e. The average Bonchev–Trinajstić information content (AvgIpc) is 2.95. The van der Waals surface area contributed by atoms with E-state index >= 15 is 0 Å². The zero-order valence-electron chi connectivity index (χ0n) is 12.6. The minimum absolute atomic E-state index is 0.242. The van der Waals surface area contributed by atoms with E-state index in [1.165, 1.54) is 10.9 Å². The molecule has 22 heavy (non-hydrogen) atoms. The quantitative estimate of drug-likeness (QED) is 0.820. The van der Waals surface area contributed by atoms with Crippen molar-refractivity contribution >= 4 is 11.2 Å².